The van der Waals surface area contributed by atoms with E-state index in [0.717, 1.165) is 6.07 Å². The second-order valence-corrected chi connectivity index (χ2v) is 4.25. The van der Waals surface area contributed by atoms with Crippen molar-refractivity contribution in [1.82, 2.24) is 0 Å². The molecule has 0 amide bonds. The van der Waals surface area contributed by atoms with Crippen LogP contribution in [0, 0.1) is 10.1 Å². The van der Waals surface area contributed by atoms with Crippen LogP contribution in [0.25, 0.3) is 10.8 Å². The van der Waals surface area contributed by atoms with Crippen LogP contribution in [0.15, 0.2) is 34.8 Å². The van der Waals surface area contributed by atoms with Crippen molar-refractivity contribution in [2.75, 3.05) is 0 Å². The first-order chi connectivity index (χ1) is 8.00. The van der Waals surface area contributed by atoms with E-state index in [0.29, 0.717) is 15.2 Å². The van der Waals surface area contributed by atoms with E-state index in [9.17, 15) is 14.9 Å². The summed E-state index contributed by atoms with van der Waals surface area (Å²) in [6.07, 6.45) is 0. The summed E-state index contributed by atoms with van der Waals surface area (Å²) in [5, 5.41) is 20.8. The number of rotatable bonds is 2. The zero-order chi connectivity index (χ0) is 12.6. The quantitative estimate of drug-likeness (QED) is 0.681. The van der Waals surface area contributed by atoms with Gasteiger partial charge in [0.1, 0.15) is 0 Å². The van der Waals surface area contributed by atoms with Gasteiger partial charge in [0.25, 0.3) is 5.69 Å². The van der Waals surface area contributed by atoms with Crippen molar-refractivity contribution in [3.05, 3.63) is 50.5 Å². The maximum atomic E-state index is 11.1. The van der Waals surface area contributed by atoms with E-state index in [4.69, 9.17) is 5.11 Å². The molecule has 0 spiro atoms. The van der Waals surface area contributed by atoms with Crippen LogP contribution in [0.5, 0.6) is 0 Å². The Labute approximate surface area is 104 Å². The van der Waals surface area contributed by atoms with Gasteiger partial charge in [-0.25, -0.2) is 4.79 Å². The van der Waals surface area contributed by atoms with Gasteiger partial charge < -0.3 is 5.11 Å². The number of carboxylic acids is 1. The summed E-state index contributed by atoms with van der Waals surface area (Å²) in [6, 6.07) is 7.45. The lowest BCUT2D eigenvalue weighted by Gasteiger charge is -2.04. The molecule has 0 aliphatic rings. The molecule has 86 valence electrons. The number of nitro benzene ring substituents is 1. The van der Waals surface area contributed by atoms with E-state index in [1.165, 1.54) is 6.07 Å². The van der Waals surface area contributed by atoms with Crippen LogP contribution < -0.4 is 0 Å². The van der Waals surface area contributed by atoms with Crippen LogP contribution in [0.4, 0.5) is 5.69 Å². The molecule has 0 radical (unpaired) electrons. The first-order valence-electron chi connectivity index (χ1n) is 4.60. The molecule has 1 N–H and O–H groups in total. The Morgan fingerprint density at radius 1 is 1.35 bits per heavy atom. The number of fused-ring (bicyclic) bond motifs is 1. The van der Waals surface area contributed by atoms with E-state index in [-0.39, 0.29) is 11.3 Å². The van der Waals surface area contributed by atoms with Gasteiger partial charge in [-0.3, -0.25) is 10.1 Å². The van der Waals surface area contributed by atoms with Gasteiger partial charge in [0.2, 0.25) is 0 Å². The molecule has 0 saturated carbocycles. The summed E-state index contributed by atoms with van der Waals surface area (Å²) in [7, 11) is 0. The number of carboxylic acid groups (broad SMARTS) is 1. The Bertz CT molecular complexity index is 639. The Hall–Kier alpha value is -1.95. The molecular formula is C11H6BrNO4. The van der Waals surface area contributed by atoms with Crippen LogP contribution in [0.3, 0.4) is 0 Å². The van der Waals surface area contributed by atoms with Crippen LogP contribution in [0.2, 0.25) is 0 Å². The fraction of sp³-hybridized carbons (Fsp3) is 0. The minimum Gasteiger partial charge on any atom is -0.478 e. The highest BCUT2D eigenvalue weighted by atomic mass is 79.9. The number of hydrogen-bond acceptors (Lipinski definition) is 3. The number of non-ortho nitro benzene ring substituents is 1. The smallest absolute Gasteiger partial charge is 0.336 e. The molecule has 0 atom stereocenters. The van der Waals surface area contributed by atoms with Crippen molar-refractivity contribution in [2.24, 2.45) is 0 Å². The first kappa shape index (κ1) is 11.5. The lowest BCUT2D eigenvalue weighted by molar-refractivity contribution is -0.384. The third kappa shape index (κ3) is 1.99. The van der Waals surface area contributed by atoms with E-state index in [1.807, 2.05) is 0 Å². The van der Waals surface area contributed by atoms with Gasteiger partial charge in [-0.05, 0) is 11.5 Å². The number of nitro groups is 1. The minimum absolute atomic E-state index is 0.0818. The molecule has 2 aromatic rings. The van der Waals surface area contributed by atoms with Crippen LogP contribution >= 0.6 is 15.9 Å². The molecule has 2 rings (SSSR count). The largest absolute Gasteiger partial charge is 0.478 e. The molecule has 2 aromatic carbocycles. The molecule has 6 heteroatoms. The average Bonchev–Trinajstić information content (AvgIpc) is 2.27. The van der Waals surface area contributed by atoms with Crippen LogP contribution in [-0.2, 0) is 0 Å². The van der Waals surface area contributed by atoms with Crippen molar-refractivity contribution < 1.29 is 14.8 Å². The second-order valence-electron chi connectivity index (χ2n) is 3.39. The van der Waals surface area contributed by atoms with Gasteiger partial charge in [-0.15, -0.1) is 0 Å². The number of halogens is 1. The summed E-state index contributed by atoms with van der Waals surface area (Å²) >= 11 is 3.24. The molecule has 0 unspecified atom stereocenters. The lowest BCUT2D eigenvalue weighted by Crippen LogP contribution is -2.00. The number of benzene rings is 2. The Kier molecular flexibility index (Phi) is 2.81. The van der Waals surface area contributed by atoms with Gasteiger partial charge in [0.05, 0.1) is 10.5 Å². The van der Waals surface area contributed by atoms with Crippen molar-refractivity contribution in [3.63, 3.8) is 0 Å². The highest BCUT2D eigenvalue weighted by Crippen LogP contribution is 2.31. The predicted octanol–water partition coefficient (Wildman–Crippen LogP) is 3.21. The highest BCUT2D eigenvalue weighted by Gasteiger charge is 2.17. The SMILES string of the molecule is O=C(O)c1cc([N+](=O)[O-])cc2cccc(Br)c12. The third-order valence-electron chi connectivity index (χ3n) is 2.35. The molecule has 0 aliphatic heterocycles. The Morgan fingerprint density at radius 3 is 2.65 bits per heavy atom. The molecule has 0 fully saturated rings. The van der Waals surface area contributed by atoms with Gasteiger partial charge in [0, 0.05) is 22.0 Å². The molecule has 5 nitrogen and oxygen atoms in total. The monoisotopic (exact) mass is 295 g/mol. The molecular weight excluding hydrogens is 290 g/mol. The first-order valence-corrected chi connectivity index (χ1v) is 5.40. The highest BCUT2D eigenvalue weighted by molar-refractivity contribution is 9.10. The van der Waals surface area contributed by atoms with Gasteiger partial charge in [-0.2, -0.15) is 0 Å². The van der Waals surface area contributed by atoms with E-state index in [1.54, 1.807) is 18.2 Å². The second kappa shape index (κ2) is 4.14. The maximum Gasteiger partial charge on any atom is 0.336 e. The zero-order valence-electron chi connectivity index (χ0n) is 8.38. The lowest BCUT2D eigenvalue weighted by atomic mass is 10.0. The maximum absolute atomic E-state index is 11.1. The standard InChI is InChI=1S/C11H6BrNO4/c12-9-3-1-2-6-4-7(13(16)17)5-8(10(6)9)11(14)15/h1-5H,(H,14,15). The topological polar surface area (TPSA) is 80.4 Å². The summed E-state index contributed by atoms with van der Waals surface area (Å²) in [5.74, 6) is -1.19. The molecule has 0 aromatic heterocycles. The van der Waals surface area contributed by atoms with Crippen molar-refractivity contribution >= 4 is 38.4 Å². The molecule has 0 saturated heterocycles. The van der Waals surface area contributed by atoms with Gasteiger partial charge in [0.15, 0.2) is 0 Å². The third-order valence-corrected chi connectivity index (χ3v) is 3.01. The zero-order valence-corrected chi connectivity index (χ0v) is 9.97. The molecule has 0 bridgehead atoms. The summed E-state index contributed by atoms with van der Waals surface area (Å²) in [4.78, 5) is 21.2. The van der Waals surface area contributed by atoms with Gasteiger partial charge in [-0.1, -0.05) is 28.1 Å². The van der Waals surface area contributed by atoms with Crippen molar-refractivity contribution in [1.29, 1.82) is 0 Å². The Balaban J connectivity index is 2.91. The number of carbonyl (C=O) groups is 1. The van der Waals surface area contributed by atoms with Crippen LogP contribution in [-0.4, -0.2) is 16.0 Å². The minimum atomic E-state index is -1.19. The van der Waals surface area contributed by atoms with E-state index >= 15 is 0 Å². The van der Waals surface area contributed by atoms with Gasteiger partial charge >= 0.3 is 5.97 Å². The summed E-state index contributed by atoms with van der Waals surface area (Å²) in [6.45, 7) is 0. The van der Waals surface area contributed by atoms with E-state index in [2.05, 4.69) is 15.9 Å². The fourth-order valence-electron chi connectivity index (χ4n) is 1.64. The fourth-order valence-corrected chi connectivity index (χ4v) is 2.24. The number of aromatic carboxylic acids is 1. The molecule has 0 aliphatic carbocycles. The van der Waals surface area contributed by atoms with E-state index < -0.39 is 10.9 Å². The molecule has 17 heavy (non-hydrogen) atoms. The molecule has 0 heterocycles. The average molecular weight is 296 g/mol. The van der Waals surface area contributed by atoms with Crippen LogP contribution in [0.1, 0.15) is 10.4 Å². The summed E-state index contributed by atoms with van der Waals surface area (Å²) < 4.78 is 0.599. The van der Waals surface area contributed by atoms with Crippen molar-refractivity contribution in [3.8, 4) is 0 Å². The Morgan fingerprint density at radius 2 is 2.06 bits per heavy atom. The predicted molar refractivity (Wildman–Crippen MR) is 65.3 cm³/mol. The van der Waals surface area contributed by atoms with Crippen molar-refractivity contribution in [2.45, 2.75) is 0 Å². The normalized spacial score (nSPS) is 10.4. The summed E-state index contributed by atoms with van der Waals surface area (Å²) in [5.41, 5.74) is -0.310. The number of hydrogen-bond donors (Lipinski definition) is 1. The number of nitrogens with zero attached hydrogens (tertiary/aromatic N) is 1.